The lowest BCUT2D eigenvalue weighted by atomic mass is 10.0. The number of halogens is 4. The Labute approximate surface area is 185 Å². The number of hydrogen-bond donors (Lipinski definition) is 2. The topological polar surface area (TPSA) is 93.0 Å². The summed E-state index contributed by atoms with van der Waals surface area (Å²) >= 11 is 0. The summed E-state index contributed by atoms with van der Waals surface area (Å²) in [5.74, 6) is -1.06. The van der Waals surface area contributed by atoms with Crippen LogP contribution in [0.2, 0.25) is 0 Å². The average molecular weight is 459 g/mol. The molecular formula is C22H17F4N5O2. The Balaban J connectivity index is 1.76. The zero-order chi connectivity index (χ0) is 23.8. The van der Waals surface area contributed by atoms with Crippen LogP contribution >= 0.6 is 0 Å². The first kappa shape index (κ1) is 22.2. The highest BCUT2D eigenvalue weighted by atomic mass is 19.4. The molecule has 4 rings (SSSR count). The largest absolute Gasteiger partial charge is 0.494 e. The molecule has 2 N–H and O–H groups in total. The molecule has 33 heavy (non-hydrogen) atoms. The lowest BCUT2D eigenvalue weighted by Gasteiger charge is -2.18. The van der Waals surface area contributed by atoms with Gasteiger partial charge in [-0.1, -0.05) is 12.1 Å². The van der Waals surface area contributed by atoms with E-state index in [1.807, 2.05) is 0 Å². The molecule has 0 saturated carbocycles. The maximum Gasteiger partial charge on any atom is 0.451 e. The van der Waals surface area contributed by atoms with Gasteiger partial charge in [-0.2, -0.15) is 23.1 Å². The standard InChI is InChI=1S/C22H17F4N5O2/c1-11(14-9-27-20(28-10-14)22(24,25)26)29-19-16-7-13(12-3-5-15(23)6-4-12)8-17(33-2)18(16)30-21(32)31-19/h3-11H,1-2H3,(H2,29,30,31,32)/t11-/m1/s1. The molecule has 0 radical (unpaired) electrons. The van der Waals surface area contributed by atoms with Gasteiger partial charge in [-0.05, 0) is 42.3 Å². The van der Waals surface area contributed by atoms with Crippen LogP contribution in [0, 0.1) is 5.82 Å². The Kier molecular flexibility index (Phi) is 5.71. The molecule has 0 fully saturated rings. The van der Waals surface area contributed by atoms with Crippen molar-refractivity contribution in [3.8, 4) is 22.9 Å². The first-order valence-electron chi connectivity index (χ1n) is 9.66. The molecule has 4 aromatic rings. The van der Waals surface area contributed by atoms with Gasteiger partial charge in [0.05, 0.1) is 13.2 Å². The van der Waals surface area contributed by atoms with Gasteiger partial charge in [-0.3, -0.25) is 0 Å². The summed E-state index contributed by atoms with van der Waals surface area (Å²) in [6.45, 7) is 1.68. The van der Waals surface area contributed by atoms with Gasteiger partial charge in [0, 0.05) is 23.3 Å². The van der Waals surface area contributed by atoms with Gasteiger partial charge in [0.15, 0.2) is 0 Å². The number of aromatic nitrogens is 4. The van der Waals surface area contributed by atoms with E-state index in [4.69, 9.17) is 4.74 Å². The number of nitrogens with zero attached hydrogens (tertiary/aromatic N) is 4. The highest BCUT2D eigenvalue weighted by Gasteiger charge is 2.34. The molecule has 7 nitrogen and oxygen atoms in total. The highest BCUT2D eigenvalue weighted by molar-refractivity contribution is 5.97. The van der Waals surface area contributed by atoms with Crippen LogP contribution in [0.1, 0.15) is 24.4 Å². The fraction of sp³-hybridized carbons (Fsp3) is 0.182. The Morgan fingerprint density at radius 1 is 1.00 bits per heavy atom. The van der Waals surface area contributed by atoms with Crippen molar-refractivity contribution in [2.24, 2.45) is 0 Å². The molecule has 0 unspecified atom stereocenters. The average Bonchev–Trinajstić information content (AvgIpc) is 2.78. The maximum atomic E-state index is 13.3. The van der Waals surface area contributed by atoms with E-state index in [9.17, 15) is 22.7 Å². The summed E-state index contributed by atoms with van der Waals surface area (Å²) in [4.78, 5) is 14.8. The predicted molar refractivity (Wildman–Crippen MR) is 112 cm³/mol. The number of rotatable bonds is 5. The molecule has 0 aliphatic heterocycles. The summed E-state index contributed by atoms with van der Waals surface area (Å²) < 4.78 is 57.0. The summed E-state index contributed by atoms with van der Waals surface area (Å²) in [5, 5.41) is 13.6. The number of ether oxygens (including phenoxy) is 1. The molecule has 0 amide bonds. The number of anilines is 1. The Morgan fingerprint density at radius 2 is 1.67 bits per heavy atom. The third-order valence-corrected chi connectivity index (χ3v) is 4.93. The Morgan fingerprint density at radius 3 is 2.27 bits per heavy atom. The molecule has 0 spiro atoms. The molecule has 0 saturated heterocycles. The summed E-state index contributed by atoms with van der Waals surface area (Å²) in [6, 6.07) is 8.20. The molecule has 1 atom stereocenters. The van der Waals surface area contributed by atoms with Crippen molar-refractivity contribution in [3.05, 3.63) is 66.0 Å². The van der Waals surface area contributed by atoms with Crippen LogP contribution in [-0.4, -0.2) is 32.2 Å². The van der Waals surface area contributed by atoms with Crippen LogP contribution in [0.25, 0.3) is 22.0 Å². The van der Waals surface area contributed by atoms with Gasteiger partial charge < -0.3 is 15.2 Å². The van der Waals surface area contributed by atoms with Crippen LogP contribution in [0.4, 0.5) is 23.4 Å². The van der Waals surface area contributed by atoms with E-state index in [0.29, 0.717) is 33.3 Å². The van der Waals surface area contributed by atoms with Crippen LogP contribution in [0.15, 0.2) is 48.8 Å². The van der Waals surface area contributed by atoms with Crippen molar-refractivity contribution in [2.45, 2.75) is 19.1 Å². The van der Waals surface area contributed by atoms with E-state index in [-0.39, 0.29) is 11.6 Å². The number of nitrogens with one attached hydrogen (secondary N) is 1. The van der Waals surface area contributed by atoms with Crippen LogP contribution in [0.3, 0.4) is 0 Å². The fourth-order valence-electron chi connectivity index (χ4n) is 3.26. The lowest BCUT2D eigenvalue weighted by Crippen LogP contribution is -2.14. The SMILES string of the molecule is COc1cc(-c2ccc(F)cc2)cc2c(N[C@H](C)c3cnc(C(F)(F)F)nc3)nc(O)nc12. The zero-order valence-electron chi connectivity index (χ0n) is 17.4. The third kappa shape index (κ3) is 4.61. The minimum Gasteiger partial charge on any atom is -0.494 e. The summed E-state index contributed by atoms with van der Waals surface area (Å²) in [6.07, 6.45) is -2.50. The molecule has 0 bridgehead atoms. The number of benzene rings is 2. The smallest absolute Gasteiger partial charge is 0.451 e. The second-order valence-electron chi connectivity index (χ2n) is 7.16. The van der Waals surface area contributed by atoms with E-state index in [0.717, 1.165) is 12.4 Å². The molecule has 11 heteroatoms. The molecule has 170 valence electrons. The van der Waals surface area contributed by atoms with Gasteiger partial charge in [0.2, 0.25) is 5.82 Å². The third-order valence-electron chi connectivity index (χ3n) is 4.93. The lowest BCUT2D eigenvalue weighted by molar-refractivity contribution is -0.145. The first-order chi connectivity index (χ1) is 15.7. The van der Waals surface area contributed by atoms with Crippen molar-refractivity contribution >= 4 is 16.7 Å². The van der Waals surface area contributed by atoms with Gasteiger partial charge in [0.25, 0.3) is 0 Å². The number of aromatic hydroxyl groups is 1. The molecule has 2 aromatic heterocycles. The fourth-order valence-corrected chi connectivity index (χ4v) is 3.26. The minimum atomic E-state index is -4.64. The molecule has 2 heterocycles. The highest BCUT2D eigenvalue weighted by Crippen LogP contribution is 2.36. The van der Waals surface area contributed by atoms with Crippen molar-refractivity contribution in [1.82, 2.24) is 19.9 Å². The number of alkyl halides is 3. The Bertz CT molecular complexity index is 1300. The maximum absolute atomic E-state index is 13.3. The van der Waals surface area contributed by atoms with E-state index in [2.05, 4.69) is 25.3 Å². The van der Waals surface area contributed by atoms with Crippen molar-refractivity contribution in [1.29, 1.82) is 0 Å². The van der Waals surface area contributed by atoms with E-state index in [1.54, 1.807) is 31.2 Å². The minimum absolute atomic E-state index is 0.215. The Hall–Kier alpha value is -4.02. The van der Waals surface area contributed by atoms with Crippen LogP contribution in [0.5, 0.6) is 11.8 Å². The monoisotopic (exact) mass is 459 g/mol. The molecule has 2 aromatic carbocycles. The predicted octanol–water partition coefficient (Wildman–Crippen LogP) is 5.13. The summed E-state index contributed by atoms with van der Waals surface area (Å²) in [7, 11) is 1.44. The number of methoxy groups -OCH3 is 1. The second kappa shape index (κ2) is 8.49. The number of hydrogen-bond acceptors (Lipinski definition) is 7. The quantitative estimate of drug-likeness (QED) is 0.400. The van der Waals surface area contributed by atoms with Gasteiger partial charge in [-0.25, -0.2) is 14.4 Å². The van der Waals surface area contributed by atoms with Crippen molar-refractivity contribution < 1.29 is 27.4 Å². The van der Waals surface area contributed by atoms with Crippen LogP contribution < -0.4 is 10.1 Å². The van der Waals surface area contributed by atoms with E-state index >= 15 is 0 Å². The van der Waals surface area contributed by atoms with E-state index in [1.165, 1.54) is 19.2 Å². The number of fused-ring (bicyclic) bond motifs is 1. The molecular weight excluding hydrogens is 442 g/mol. The van der Waals surface area contributed by atoms with Crippen LogP contribution in [-0.2, 0) is 6.18 Å². The summed E-state index contributed by atoms with van der Waals surface area (Å²) in [5.41, 5.74) is 2.08. The first-order valence-corrected chi connectivity index (χ1v) is 9.66. The van der Waals surface area contributed by atoms with Gasteiger partial charge >= 0.3 is 12.2 Å². The van der Waals surface area contributed by atoms with Gasteiger partial charge in [0.1, 0.15) is 22.9 Å². The van der Waals surface area contributed by atoms with Crippen molar-refractivity contribution in [2.75, 3.05) is 12.4 Å². The van der Waals surface area contributed by atoms with Gasteiger partial charge in [-0.15, -0.1) is 0 Å². The second-order valence-corrected chi connectivity index (χ2v) is 7.16. The zero-order valence-corrected chi connectivity index (χ0v) is 17.4. The van der Waals surface area contributed by atoms with E-state index < -0.39 is 24.1 Å². The van der Waals surface area contributed by atoms with Crippen molar-refractivity contribution in [3.63, 3.8) is 0 Å². The molecule has 0 aliphatic rings. The molecule has 0 aliphatic carbocycles. The normalized spacial score (nSPS) is 12.5.